The van der Waals surface area contributed by atoms with E-state index < -0.39 is 5.54 Å². The number of hydrogen-bond donors (Lipinski definition) is 2. The van der Waals surface area contributed by atoms with Crippen molar-refractivity contribution in [3.05, 3.63) is 0 Å². The summed E-state index contributed by atoms with van der Waals surface area (Å²) < 4.78 is 0. The maximum Gasteiger partial charge on any atom is 0.239 e. The molecule has 1 saturated carbocycles. The van der Waals surface area contributed by atoms with E-state index in [0.29, 0.717) is 0 Å². The third-order valence-corrected chi connectivity index (χ3v) is 6.27. The summed E-state index contributed by atoms with van der Waals surface area (Å²) >= 11 is 2.05. The maximum atomic E-state index is 12.5. The second-order valence-corrected chi connectivity index (χ2v) is 8.46. The largest absolute Gasteiger partial charge is 0.353 e. The van der Waals surface area contributed by atoms with Crippen molar-refractivity contribution < 1.29 is 4.79 Å². The van der Waals surface area contributed by atoms with E-state index >= 15 is 0 Å². The van der Waals surface area contributed by atoms with Gasteiger partial charge in [0.2, 0.25) is 5.91 Å². The van der Waals surface area contributed by atoms with Crippen molar-refractivity contribution in [3.8, 4) is 0 Å². The molecule has 0 radical (unpaired) electrons. The highest BCUT2D eigenvalue weighted by atomic mass is 35.5. The van der Waals surface area contributed by atoms with Gasteiger partial charge in [0.05, 0.1) is 5.54 Å². The predicted molar refractivity (Wildman–Crippen MR) is 102 cm³/mol. The van der Waals surface area contributed by atoms with Gasteiger partial charge in [-0.2, -0.15) is 11.8 Å². The predicted octanol–water partition coefficient (Wildman–Crippen LogP) is 2.79. The number of hydrogen-bond acceptors (Lipinski definition) is 4. The quantitative estimate of drug-likeness (QED) is 0.761. The Balaban J connectivity index is 0.00000264. The maximum absolute atomic E-state index is 12.5. The normalized spacial score (nSPS) is 24.3. The number of nitrogens with two attached hydrogens (primary N) is 1. The molecule has 0 aromatic rings. The highest BCUT2D eigenvalue weighted by Gasteiger charge is 2.39. The van der Waals surface area contributed by atoms with E-state index in [1.807, 2.05) is 18.7 Å². The van der Waals surface area contributed by atoms with Crippen LogP contribution in [-0.4, -0.2) is 53.0 Å². The Labute approximate surface area is 152 Å². The molecule has 136 valence electrons. The molecule has 0 spiro atoms. The van der Waals surface area contributed by atoms with E-state index in [2.05, 4.69) is 17.1 Å². The number of halogens is 1. The van der Waals surface area contributed by atoms with Crippen LogP contribution < -0.4 is 11.1 Å². The van der Waals surface area contributed by atoms with E-state index in [1.165, 1.54) is 43.6 Å². The van der Waals surface area contributed by atoms with Crippen molar-refractivity contribution in [1.82, 2.24) is 10.2 Å². The second kappa shape index (κ2) is 9.50. The first kappa shape index (κ1) is 21.1. The Morgan fingerprint density at radius 1 is 1.26 bits per heavy atom. The molecule has 1 saturated heterocycles. The molecule has 4 nitrogen and oxygen atoms in total. The van der Waals surface area contributed by atoms with Gasteiger partial charge in [-0.1, -0.05) is 32.6 Å². The number of nitrogens with zero attached hydrogens (tertiary/aromatic N) is 1. The first-order valence-corrected chi connectivity index (χ1v) is 10.1. The highest BCUT2D eigenvalue weighted by Crippen LogP contribution is 2.35. The minimum absolute atomic E-state index is 0. The molecular weight excluding hydrogens is 330 g/mol. The molecule has 6 heteroatoms. The van der Waals surface area contributed by atoms with Crippen molar-refractivity contribution in [2.75, 3.05) is 31.1 Å². The van der Waals surface area contributed by atoms with Gasteiger partial charge in [-0.15, -0.1) is 12.4 Å². The summed E-state index contributed by atoms with van der Waals surface area (Å²) in [6.45, 7) is 7.03. The van der Waals surface area contributed by atoms with E-state index in [4.69, 9.17) is 5.73 Å². The third kappa shape index (κ3) is 5.52. The van der Waals surface area contributed by atoms with Gasteiger partial charge in [0.25, 0.3) is 0 Å². The summed E-state index contributed by atoms with van der Waals surface area (Å²) in [5.74, 6) is 2.46. The fourth-order valence-electron chi connectivity index (χ4n) is 3.93. The lowest BCUT2D eigenvalue weighted by atomic mass is 9.79. The molecule has 0 bridgehead atoms. The fourth-order valence-corrected chi connectivity index (χ4v) is 4.84. The molecule has 1 heterocycles. The number of carbonyl (C=O) groups is 1. The average Bonchev–Trinajstić information content (AvgIpc) is 2.54. The van der Waals surface area contributed by atoms with Crippen LogP contribution in [0.4, 0.5) is 0 Å². The van der Waals surface area contributed by atoms with Gasteiger partial charge in [-0.3, -0.25) is 9.69 Å². The standard InChI is InChI=1S/C17H33N3OS.ClH/c1-3-7-16(2,18)15(21)19-14-17(8-5-4-6-9-17)20-10-12-22-13-11-20;/h3-14,18H2,1-2H3,(H,19,21);1H. The molecule has 1 aliphatic carbocycles. The van der Waals surface area contributed by atoms with Crippen LogP contribution in [0.1, 0.15) is 58.8 Å². The van der Waals surface area contributed by atoms with Gasteiger partial charge in [0.1, 0.15) is 0 Å². The topological polar surface area (TPSA) is 58.4 Å². The zero-order valence-electron chi connectivity index (χ0n) is 14.7. The Morgan fingerprint density at radius 3 is 2.43 bits per heavy atom. The third-order valence-electron chi connectivity index (χ3n) is 5.33. The summed E-state index contributed by atoms with van der Waals surface area (Å²) in [6.07, 6.45) is 8.02. The molecule has 3 N–H and O–H groups in total. The van der Waals surface area contributed by atoms with Crippen LogP contribution in [0, 0.1) is 0 Å². The van der Waals surface area contributed by atoms with Crippen LogP contribution in [0.5, 0.6) is 0 Å². The van der Waals surface area contributed by atoms with E-state index in [-0.39, 0.29) is 23.9 Å². The van der Waals surface area contributed by atoms with Gasteiger partial charge in [-0.05, 0) is 26.2 Å². The summed E-state index contributed by atoms with van der Waals surface area (Å²) in [5.41, 5.74) is 5.62. The Hall–Kier alpha value is 0.0300. The van der Waals surface area contributed by atoms with Gasteiger partial charge in [-0.25, -0.2) is 0 Å². The lowest BCUT2D eigenvalue weighted by Crippen LogP contribution is -2.61. The molecule has 1 amide bonds. The van der Waals surface area contributed by atoms with Crippen LogP contribution in [-0.2, 0) is 4.79 Å². The van der Waals surface area contributed by atoms with E-state index in [9.17, 15) is 4.79 Å². The van der Waals surface area contributed by atoms with Gasteiger partial charge >= 0.3 is 0 Å². The van der Waals surface area contributed by atoms with Crippen molar-refractivity contribution in [2.24, 2.45) is 5.73 Å². The first-order chi connectivity index (χ1) is 10.5. The fraction of sp³-hybridized carbons (Fsp3) is 0.941. The lowest BCUT2D eigenvalue weighted by molar-refractivity contribution is -0.127. The van der Waals surface area contributed by atoms with Crippen molar-refractivity contribution in [3.63, 3.8) is 0 Å². The smallest absolute Gasteiger partial charge is 0.239 e. The van der Waals surface area contributed by atoms with Crippen molar-refractivity contribution in [1.29, 1.82) is 0 Å². The van der Waals surface area contributed by atoms with Crippen LogP contribution >= 0.6 is 24.2 Å². The summed E-state index contributed by atoms with van der Waals surface area (Å²) in [6, 6.07) is 0. The first-order valence-electron chi connectivity index (χ1n) is 8.90. The molecule has 1 atom stereocenters. The Kier molecular flexibility index (Phi) is 8.70. The molecule has 2 aliphatic rings. The molecule has 23 heavy (non-hydrogen) atoms. The highest BCUT2D eigenvalue weighted by molar-refractivity contribution is 7.99. The number of carbonyl (C=O) groups excluding carboxylic acids is 1. The van der Waals surface area contributed by atoms with Crippen molar-refractivity contribution in [2.45, 2.75) is 69.9 Å². The number of thioether (sulfide) groups is 1. The Bertz CT molecular complexity index is 367. The van der Waals surface area contributed by atoms with E-state index in [0.717, 1.165) is 32.5 Å². The minimum Gasteiger partial charge on any atom is -0.353 e. The zero-order valence-corrected chi connectivity index (χ0v) is 16.4. The molecule has 1 aliphatic heterocycles. The van der Waals surface area contributed by atoms with Crippen LogP contribution in [0.2, 0.25) is 0 Å². The zero-order chi connectivity index (χ0) is 16.1. The monoisotopic (exact) mass is 363 g/mol. The SMILES string of the molecule is CCCC(C)(N)C(=O)NCC1(N2CCSCC2)CCCCC1.Cl. The van der Waals surface area contributed by atoms with Crippen LogP contribution in [0.15, 0.2) is 0 Å². The summed E-state index contributed by atoms with van der Waals surface area (Å²) in [7, 11) is 0. The average molecular weight is 364 g/mol. The second-order valence-electron chi connectivity index (χ2n) is 7.23. The summed E-state index contributed by atoms with van der Waals surface area (Å²) in [5, 5.41) is 3.20. The minimum atomic E-state index is -0.734. The van der Waals surface area contributed by atoms with Gasteiger partial charge in [0, 0.05) is 36.7 Å². The van der Waals surface area contributed by atoms with Gasteiger partial charge in [0.15, 0.2) is 0 Å². The van der Waals surface area contributed by atoms with Crippen LogP contribution in [0.3, 0.4) is 0 Å². The molecule has 1 unspecified atom stereocenters. The summed E-state index contributed by atoms with van der Waals surface area (Å²) in [4.78, 5) is 15.1. The Morgan fingerprint density at radius 2 is 1.87 bits per heavy atom. The van der Waals surface area contributed by atoms with E-state index in [1.54, 1.807) is 0 Å². The molecule has 0 aromatic carbocycles. The molecular formula is C17H34ClN3OS. The molecule has 2 fully saturated rings. The number of rotatable bonds is 6. The number of amides is 1. The lowest BCUT2D eigenvalue weighted by Gasteiger charge is -2.48. The van der Waals surface area contributed by atoms with Crippen molar-refractivity contribution >= 4 is 30.1 Å². The number of nitrogens with one attached hydrogen (secondary N) is 1. The van der Waals surface area contributed by atoms with Gasteiger partial charge < -0.3 is 11.1 Å². The molecule has 2 rings (SSSR count). The van der Waals surface area contributed by atoms with Crippen LogP contribution in [0.25, 0.3) is 0 Å². The molecule has 0 aromatic heterocycles.